The summed E-state index contributed by atoms with van der Waals surface area (Å²) in [7, 11) is 0. The summed E-state index contributed by atoms with van der Waals surface area (Å²) in [4.78, 5) is 15.9. The van der Waals surface area contributed by atoms with Gasteiger partial charge in [0.2, 0.25) is 11.8 Å². The van der Waals surface area contributed by atoms with Crippen LogP contribution in [0, 0.1) is 0 Å². The Kier molecular flexibility index (Phi) is 5.10. The summed E-state index contributed by atoms with van der Waals surface area (Å²) in [6.07, 6.45) is 2.94. The van der Waals surface area contributed by atoms with E-state index in [0.29, 0.717) is 23.4 Å². The van der Waals surface area contributed by atoms with Gasteiger partial charge in [0.15, 0.2) is 0 Å². The van der Waals surface area contributed by atoms with E-state index in [0.717, 1.165) is 13.0 Å². The average Bonchev–Trinajstić information content (AvgIpc) is 3.15. The molecule has 1 aliphatic heterocycles. The normalized spacial score (nSPS) is 15.6. The molecule has 1 amide bonds. The molecule has 0 spiro atoms. The first-order chi connectivity index (χ1) is 10.7. The van der Waals surface area contributed by atoms with Gasteiger partial charge in [-0.1, -0.05) is 11.8 Å². The minimum Gasteiger partial charge on any atom is -0.415 e. The maximum Gasteiger partial charge on any atom is 0.277 e. The molecule has 5 nitrogen and oxygen atoms in total. The number of fused-ring (bicyclic) bond motifs is 1. The Labute approximate surface area is 141 Å². The van der Waals surface area contributed by atoms with Gasteiger partial charge in [-0.05, 0) is 36.6 Å². The molecule has 22 heavy (non-hydrogen) atoms. The number of aromatic nitrogens is 2. The molecule has 0 fully saturated rings. The minimum absolute atomic E-state index is 0.131. The Morgan fingerprint density at radius 2 is 2.41 bits per heavy atom. The monoisotopic (exact) mass is 355 g/mol. The van der Waals surface area contributed by atoms with Crippen LogP contribution in [0.1, 0.15) is 23.3 Å². The van der Waals surface area contributed by atoms with Crippen LogP contribution < -0.4 is 0 Å². The summed E-state index contributed by atoms with van der Waals surface area (Å²) in [5.74, 6) is 1.44. The summed E-state index contributed by atoms with van der Waals surface area (Å²) >= 11 is 4.75. The number of hydrogen-bond donors (Lipinski definition) is 0. The fourth-order valence-electron chi connectivity index (χ4n) is 2.36. The minimum atomic E-state index is -0.220. The highest BCUT2D eigenvalue weighted by atomic mass is 32.2. The van der Waals surface area contributed by atoms with Gasteiger partial charge in [0, 0.05) is 18.0 Å². The van der Waals surface area contributed by atoms with E-state index in [2.05, 4.69) is 21.6 Å². The van der Waals surface area contributed by atoms with Crippen molar-refractivity contribution in [3.63, 3.8) is 0 Å². The molecule has 0 aromatic carbocycles. The molecule has 2 aromatic heterocycles. The quantitative estimate of drug-likeness (QED) is 0.768. The molecule has 1 unspecified atom stereocenters. The van der Waals surface area contributed by atoms with Crippen molar-refractivity contribution < 1.29 is 9.21 Å². The van der Waals surface area contributed by atoms with Crippen LogP contribution in [0.15, 0.2) is 21.1 Å². The molecule has 1 aliphatic rings. The van der Waals surface area contributed by atoms with Gasteiger partial charge < -0.3 is 9.32 Å². The number of rotatable bonds is 5. The van der Waals surface area contributed by atoms with Gasteiger partial charge >= 0.3 is 0 Å². The van der Waals surface area contributed by atoms with Crippen LogP contribution in [0.2, 0.25) is 0 Å². The lowest BCUT2D eigenvalue weighted by atomic mass is 10.1. The van der Waals surface area contributed by atoms with Gasteiger partial charge in [-0.2, -0.15) is 11.8 Å². The fraction of sp³-hybridized carbons (Fsp3) is 0.500. The first-order valence-corrected chi connectivity index (χ1v) is 10.1. The van der Waals surface area contributed by atoms with Crippen LogP contribution >= 0.6 is 34.9 Å². The molecule has 1 atom stereocenters. The molecular formula is C14H17N3O2S3. The average molecular weight is 356 g/mol. The molecule has 0 saturated carbocycles. The zero-order valence-electron chi connectivity index (χ0n) is 12.4. The molecule has 2 aromatic rings. The van der Waals surface area contributed by atoms with Gasteiger partial charge in [-0.25, -0.2) is 0 Å². The number of thiophene rings is 1. The number of carbonyl (C=O) groups excluding carboxylic acids is 1. The molecule has 3 rings (SSSR count). The SMILES string of the molecule is CSCc1nnc(SC(C)C(=O)N2CCc3sccc3C2)o1. The third-order valence-electron chi connectivity index (χ3n) is 3.46. The third-order valence-corrected chi connectivity index (χ3v) is 5.94. The van der Waals surface area contributed by atoms with Crippen LogP contribution in [0.3, 0.4) is 0 Å². The molecule has 0 aliphatic carbocycles. The predicted octanol–water partition coefficient (Wildman–Crippen LogP) is 3.06. The van der Waals surface area contributed by atoms with E-state index in [1.807, 2.05) is 18.1 Å². The molecule has 118 valence electrons. The van der Waals surface area contributed by atoms with Crippen LogP contribution in [0.5, 0.6) is 0 Å². The zero-order chi connectivity index (χ0) is 15.5. The maximum atomic E-state index is 12.6. The molecule has 0 bridgehead atoms. The van der Waals surface area contributed by atoms with Crippen molar-refractivity contribution in [2.75, 3.05) is 12.8 Å². The van der Waals surface area contributed by atoms with Gasteiger partial charge in [0.05, 0.1) is 11.0 Å². The van der Waals surface area contributed by atoms with Crippen molar-refractivity contribution in [3.05, 3.63) is 27.8 Å². The lowest BCUT2D eigenvalue weighted by Gasteiger charge is -2.28. The molecule has 0 N–H and O–H groups in total. The second-order valence-corrected chi connectivity index (χ2v) is 8.19. The fourth-order valence-corrected chi connectivity index (χ4v) is 4.40. The van der Waals surface area contributed by atoms with Gasteiger partial charge in [0.1, 0.15) is 0 Å². The van der Waals surface area contributed by atoms with Crippen molar-refractivity contribution >= 4 is 40.8 Å². The highest BCUT2D eigenvalue weighted by Gasteiger charge is 2.27. The lowest BCUT2D eigenvalue weighted by Crippen LogP contribution is -2.39. The number of thioether (sulfide) groups is 2. The van der Waals surface area contributed by atoms with Gasteiger partial charge in [0.25, 0.3) is 5.22 Å². The summed E-state index contributed by atoms with van der Waals surface area (Å²) in [6.45, 7) is 3.40. The van der Waals surface area contributed by atoms with Crippen LogP contribution in [0.4, 0.5) is 0 Å². The molecule has 3 heterocycles. The highest BCUT2D eigenvalue weighted by Crippen LogP contribution is 2.28. The van der Waals surface area contributed by atoms with E-state index in [-0.39, 0.29) is 11.2 Å². The first kappa shape index (κ1) is 15.9. The second kappa shape index (κ2) is 7.06. The Morgan fingerprint density at radius 3 is 3.23 bits per heavy atom. The molecular weight excluding hydrogens is 338 g/mol. The van der Waals surface area contributed by atoms with Crippen LogP contribution in [-0.2, 0) is 23.5 Å². The van der Waals surface area contributed by atoms with Crippen LogP contribution in [-0.4, -0.2) is 39.1 Å². The van der Waals surface area contributed by atoms with Gasteiger partial charge in [-0.15, -0.1) is 21.5 Å². The number of hydrogen-bond acceptors (Lipinski definition) is 7. The van der Waals surface area contributed by atoms with E-state index < -0.39 is 0 Å². The predicted molar refractivity (Wildman–Crippen MR) is 90.3 cm³/mol. The topological polar surface area (TPSA) is 59.2 Å². The van der Waals surface area contributed by atoms with Crippen LogP contribution in [0.25, 0.3) is 0 Å². The van der Waals surface area contributed by atoms with Crippen molar-refractivity contribution in [1.82, 2.24) is 15.1 Å². The molecule has 0 radical (unpaired) electrons. The van der Waals surface area contributed by atoms with Crippen molar-refractivity contribution in [1.29, 1.82) is 0 Å². The number of nitrogens with zero attached hydrogens (tertiary/aromatic N) is 3. The summed E-state index contributed by atoms with van der Waals surface area (Å²) in [6, 6.07) is 2.12. The smallest absolute Gasteiger partial charge is 0.277 e. The van der Waals surface area contributed by atoms with E-state index >= 15 is 0 Å². The van der Waals surface area contributed by atoms with E-state index in [1.54, 1.807) is 23.1 Å². The van der Waals surface area contributed by atoms with E-state index in [1.165, 1.54) is 22.2 Å². The summed E-state index contributed by atoms with van der Waals surface area (Å²) in [5, 5.41) is 10.3. The summed E-state index contributed by atoms with van der Waals surface area (Å²) in [5.41, 5.74) is 1.28. The third kappa shape index (κ3) is 3.49. The molecule has 8 heteroatoms. The first-order valence-electron chi connectivity index (χ1n) is 6.99. The van der Waals surface area contributed by atoms with Crippen molar-refractivity contribution in [2.45, 2.75) is 36.1 Å². The zero-order valence-corrected chi connectivity index (χ0v) is 14.9. The lowest BCUT2D eigenvalue weighted by molar-refractivity contribution is -0.131. The number of carbonyl (C=O) groups is 1. The Morgan fingerprint density at radius 1 is 1.55 bits per heavy atom. The van der Waals surface area contributed by atoms with Crippen molar-refractivity contribution in [3.8, 4) is 0 Å². The van der Waals surface area contributed by atoms with Crippen molar-refractivity contribution in [2.24, 2.45) is 0 Å². The molecule has 0 saturated heterocycles. The highest BCUT2D eigenvalue weighted by molar-refractivity contribution is 8.00. The Bertz CT molecular complexity index is 655. The standard InChI is InChI=1S/C14H17N3O2S3/c1-9(22-14-16-15-12(19-14)8-20-2)13(18)17-5-3-11-10(7-17)4-6-21-11/h4,6,9H,3,5,7-8H2,1-2H3. The largest absolute Gasteiger partial charge is 0.415 e. The van der Waals surface area contributed by atoms with E-state index in [9.17, 15) is 4.79 Å². The van der Waals surface area contributed by atoms with E-state index in [4.69, 9.17) is 4.42 Å². The second-order valence-electron chi connectivity index (χ2n) is 5.03. The number of amides is 1. The Hall–Kier alpha value is -0.990. The Balaban J connectivity index is 1.60. The van der Waals surface area contributed by atoms with Gasteiger partial charge in [-0.3, -0.25) is 4.79 Å². The maximum absolute atomic E-state index is 12.6. The summed E-state index contributed by atoms with van der Waals surface area (Å²) < 4.78 is 5.53.